The van der Waals surface area contributed by atoms with Crippen LogP contribution < -0.4 is 11.3 Å². The van der Waals surface area contributed by atoms with Gasteiger partial charge in [-0.3, -0.25) is 0 Å². The van der Waals surface area contributed by atoms with Crippen LogP contribution in [0.4, 0.5) is 10.2 Å². The first-order valence-electron chi connectivity index (χ1n) is 6.98. The standard InChI is InChI=1S/C15H16BrFN4/c16-12-6-5-10(17)7-11(12)15-19-13(8-14(20-15)21-18)9-3-1-2-4-9/h5-9H,1-4,18H2,(H,19,20,21). The number of rotatable bonds is 3. The van der Waals surface area contributed by atoms with Crippen LogP contribution >= 0.6 is 15.9 Å². The van der Waals surface area contributed by atoms with E-state index in [1.165, 1.54) is 25.0 Å². The number of nitrogens with two attached hydrogens (primary N) is 1. The number of nitrogen functional groups attached to an aromatic ring is 1. The van der Waals surface area contributed by atoms with Gasteiger partial charge in [0.1, 0.15) is 11.6 Å². The fourth-order valence-corrected chi connectivity index (χ4v) is 3.18. The van der Waals surface area contributed by atoms with Gasteiger partial charge in [0.15, 0.2) is 5.82 Å². The van der Waals surface area contributed by atoms with Gasteiger partial charge in [-0.05, 0) is 31.0 Å². The number of halogens is 2. The highest BCUT2D eigenvalue weighted by Crippen LogP contribution is 2.35. The molecule has 0 unspecified atom stereocenters. The summed E-state index contributed by atoms with van der Waals surface area (Å²) in [6.07, 6.45) is 4.70. The van der Waals surface area contributed by atoms with Gasteiger partial charge in [-0.1, -0.05) is 28.8 Å². The van der Waals surface area contributed by atoms with Gasteiger partial charge < -0.3 is 5.43 Å². The second-order valence-corrected chi connectivity index (χ2v) is 6.11. The molecule has 3 rings (SSSR count). The highest BCUT2D eigenvalue weighted by Gasteiger charge is 2.21. The first-order valence-corrected chi connectivity index (χ1v) is 7.77. The van der Waals surface area contributed by atoms with Crippen LogP contribution in [0.5, 0.6) is 0 Å². The molecule has 4 nitrogen and oxygen atoms in total. The van der Waals surface area contributed by atoms with Crippen LogP contribution in [0.15, 0.2) is 28.7 Å². The van der Waals surface area contributed by atoms with Gasteiger partial charge >= 0.3 is 0 Å². The maximum atomic E-state index is 13.5. The molecule has 2 aromatic rings. The second kappa shape index (κ2) is 6.07. The lowest BCUT2D eigenvalue weighted by atomic mass is 10.0. The number of hydrogen-bond donors (Lipinski definition) is 2. The van der Waals surface area contributed by atoms with Crippen molar-refractivity contribution in [2.75, 3.05) is 5.43 Å². The second-order valence-electron chi connectivity index (χ2n) is 5.25. The van der Waals surface area contributed by atoms with Crippen molar-refractivity contribution in [1.82, 2.24) is 9.97 Å². The van der Waals surface area contributed by atoms with E-state index in [-0.39, 0.29) is 5.82 Å². The van der Waals surface area contributed by atoms with Crippen molar-refractivity contribution in [3.63, 3.8) is 0 Å². The Bertz CT molecular complexity index is 656. The predicted molar refractivity (Wildman–Crippen MR) is 84.1 cm³/mol. The van der Waals surface area contributed by atoms with E-state index in [1.54, 1.807) is 6.07 Å². The lowest BCUT2D eigenvalue weighted by molar-refractivity contribution is 0.627. The molecule has 0 saturated heterocycles. The van der Waals surface area contributed by atoms with E-state index in [2.05, 4.69) is 31.3 Å². The quantitative estimate of drug-likeness (QED) is 0.648. The molecule has 1 saturated carbocycles. The minimum atomic E-state index is -0.315. The van der Waals surface area contributed by atoms with E-state index in [1.807, 2.05) is 6.07 Å². The minimum Gasteiger partial charge on any atom is -0.308 e. The van der Waals surface area contributed by atoms with Gasteiger partial charge in [-0.15, -0.1) is 0 Å². The predicted octanol–water partition coefficient (Wildman–Crippen LogP) is 3.99. The lowest BCUT2D eigenvalue weighted by Gasteiger charge is -2.13. The fraction of sp³-hybridized carbons (Fsp3) is 0.333. The molecule has 0 atom stereocenters. The summed E-state index contributed by atoms with van der Waals surface area (Å²) in [5.41, 5.74) is 4.18. The van der Waals surface area contributed by atoms with Crippen molar-refractivity contribution in [3.8, 4) is 11.4 Å². The highest BCUT2D eigenvalue weighted by atomic mass is 79.9. The van der Waals surface area contributed by atoms with Crippen molar-refractivity contribution in [2.24, 2.45) is 5.84 Å². The average molecular weight is 351 g/mol. The van der Waals surface area contributed by atoms with Gasteiger partial charge in [0.2, 0.25) is 0 Å². The Labute approximate surface area is 131 Å². The molecule has 0 radical (unpaired) electrons. The van der Waals surface area contributed by atoms with Gasteiger partial charge in [0.05, 0.1) is 0 Å². The Kier molecular flexibility index (Phi) is 4.17. The zero-order valence-corrected chi connectivity index (χ0v) is 13.0. The van der Waals surface area contributed by atoms with Gasteiger partial charge in [0.25, 0.3) is 0 Å². The molecule has 110 valence electrons. The Morgan fingerprint density at radius 2 is 1.95 bits per heavy atom. The SMILES string of the molecule is NNc1cc(C2CCCC2)nc(-c2cc(F)ccc2Br)n1. The molecule has 6 heteroatoms. The summed E-state index contributed by atoms with van der Waals surface area (Å²) < 4.78 is 14.3. The first kappa shape index (κ1) is 14.4. The highest BCUT2D eigenvalue weighted by molar-refractivity contribution is 9.10. The third-order valence-electron chi connectivity index (χ3n) is 3.84. The number of aromatic nitrogens is 2. The van der Waals surface area contributed by atoms with Crippen LogP contribution in [0, 0.1) is 5.82 Å². The Balaban J connectivity index is 2.08. The van der Waals surface area contributed by atoms with Crippen LogP contribution in [-0.2, 0) is 0 Å². The maximum absolute atomic E-state index is 13.5. The third-order valence-corrected chi connectivity index (χ3v) is 4.53. The molecule has 1 heterocycles. The summed E-state index contributed by atoms with van der Waals surface area (Å²) in [4.78, 5) is 8.98. The van der Waals surface area contributed by atoms with Crippen molar-refractivity contribution < 1.29 is 4.39 Å². The molecular weight excluding hydrogens is 335 g/mol. The molecule has 1 aromatic carbocycles. The van der Waals surface area contributed by atoms with Crippen LogP contribution in [0.25, 0.3) is 11.4 Å². The van der Waals surface area contributed by atoms with E-state index in [0.29, 0.717) is 23.1 Å². The van der Waals surface area contributed by atoms with Gasteiger partial charge in [-0.25, -0.2) is 20.2 Å². The molecule has 0 spiro atoms. The van der Waals surface area contributed by atoms with Crippen LogP contribution in [0.3, 0.4) is 0 Å². The summed E-state index contributed by atoms with van der Waals surface area (Å²) in [5, 5.41) is 0. The molecule has 1 fully saturated rings. The number of nitrogens with one attached hydrogen (secondary N) is 1. The molecule has 1 aliphatic carbocycles. The zero-order valence-electron chi connectivity index (χ0n) is 11.4. The number of hydrazine groups is 1. The number of anilines is 1. The fourth-order valence-electron chi connectivity index (χ4n) is 2.76. The Morgan fingerprint density at radius 3 is 2.67 bits per heavy atom. The lowest BCUT2D eigenvalue weighted by Crippen LogP contribution is -2.11. The molecular formula is C15H16BrFN4. The van der Waals surface area contributed by atoms with E-state index in [4.69, 9.17) is 5.84 Å². The Morgan fingerprint density at radius 1 is 1.19 bits per heavy atom. The maximum Gasteiger partial charge on any atom is 0.163 e. The summed E-state index contributed by atoms with van der Waals surface area (Å²) in [5.74, 6) is 6.67. The number of hydrogen-bond acceptors (Lipinski definition) is 4. The van der Waals surface area contributed by atoms with Crippen molar-refractivity contribution in [3.05, 3.63) is 40.2 Å². The van der Waals surface area contributed by atoms with E-state index in [0.717, 1.165) is 23.0 Å². The van der Waals surface area contributed by atoms with Crippen molar-refractivity contribution in [2.45, 2.75) is 31.6 Å². The van der Waals surface area contributed by atoms with Gasteiger partial charge in [-0.2, -0.15) is 0 Å². The normalized spacial score (nSPS) is 15.4. The Hall–Kier alpha value is -1.53. The van der Waals surface area contributed by atoms with Crippen molar-refractivity contribution in [1.29, 1.82) is 0 Å². The van der Waals surface area contributed by atoms with E-state index in [9.17, 15) is 4.39 Å². The van der Waals surface area contributed by atoms with Crippen LogP contribution in [0.2, 0.25) is 0 Å². The molecule has 3 N–H and O–H groups in total. The molecule has 0 amide bonds. The van der Waals surface area contributed by atoms with Gasteiger partial charge in [0, 0.05) is 27.7 Å². The largest absolute Gasteiger partial charge is 0.308 e. The van der Waals surface area contributed by atoms with Crippen molar-refractivity contribution >= 4 is 21.7 Å². The minimum absolute atomic E-state index is 0.315. The number of benzene rings is 1. The van der Waals surface area contributed by atoms with E-state index >= 15 is 0 Å². The molecule has 0 aliphatic heterocycles. The van der Waals surface area contributed by atoms with E-state index < -0.39 is 0 Å². The summed E-state index contributed by atoms with van der Waals surface area (Å²) >= 11 is 3.42. The van der Waals surface area contributed by atoms with Crippen LogP contribution in [0.1, 0.15) is 37.3 Å². The molecule has 1 aliphatic rings. The van der Waals surface area contributed by atoms with Crippen LogP contribution in [-0.4, -0.2) is 9.97 Å². The first-order chi connectivity index (χ1) is 10.2. The molecule has 0 bridgehead atoms. The topological polar surface area (TPSA) is 63.8 Å². The molecule has 1 aromatic heterocycles. The molecule has 21 heavy (non-hydrogen) atoms. The zero-order chi connectivity index (χ0) is 14.8. The summed E-state index contributed by atoms with van der Waals surface area (Å²) in [6.45, 7) is 0. The smallest absolute Gasteiger partial charge is 0.163 e. The number of nitrogens with zero attached hydrogens (tertiary/aromatic N) is 2. The summed E-state index contributed by atoms with van der Waals surface area (Å²) in [6, 6.07) is 6.37. The average Bonchev–Trinajstić information content (AvgIpc) is 3.03. The third kappa shape index (κ3) is 3.06. The monoisotopic (exact) mass is 350 g/mol. The summed E-state index contributed by atoms with van der Waals surface area (Å²) in [7, 11) is 0.